The Morgan fingerprint density at radius 3 is 1.45 bits per heavy atom. The summed E-state index contributed by atoms with van der Waals surface area (Å²) in [6.45, 7) is 10.4. The lowest BCUT2D eigenvalue weighted by molar-refractivity contribution is -0.116. The summed E-state index contributed by atoms with van der Waals surface area (Å²) < 4.78 is 0. The fourth-order valence-electron chi connectivity index (χ4n) is 3.43. The summed E-state index contributed by atoms with van der Waals surface area (Å²) in [5.74, 6) is 2.09. The van der Waals surface area contributed by atoms with Gasteiger partial charge < -0.3 is 0 Å². The van der Waals surface area contributed by atoms with E-state index in [1.54, 1.807) is 13.8 Å². The van der Waals surface area contributed by atoms with Crippen molar-refractivity contribution in [3.8, 4) is 0 Å². The zero-order valence-corrected chi connectivity index (χ0v) is 13.4. The van der Waals surface area contributed by atoms with Crippen LogP contribution in [0.3, 0.4) is 0 Å². The molecule has 0 saturated heterocycles. The summed E-state index contributed by atoms with van der Waals surface area (Å²) in [7, 11) is 0. The summed E-state index contributed by atoms with van der Waals surface area (Å²) in [5, 5.41) is 0. The summed E-state index contributed by atoms with van der Waals surface area (Å²) in [6.07, 6.45) is 3.55. The molecule has 2 rings (SSSR count). The van der Waals surface area contributed by atoms with Crippen LogP contribution in [0.25, 0.3) is 0 Å². The highest BCUT2D eigenvalue weighted by atomic mass is 16.1. The van der Waals surface area contributed by atoms with Crippen molar-refractivity contribution in [1.82, 2.24) is 0 Å². The molecule has 2 unspecified atom stereocenters. The van der Waals surface area contributed by atoms with Gasteiger partial charge in [-0.2, -0.15) is 0 Å². The fraction of sp³-hybridized carbons (Fsp3) is 0.667. The number of hydrogen-bond donors (Lipinski definition) is 0. The third-order valence-electron chi connectivity index (χ3n) is 5.65. The molecule has 0 radical (unpaired) electrons. The van der Waals surface area contributed by atoms with E-state index in [9.17, 15) is 9.59 Å². The number of carbonyl (C=O) groups excluding carboxylic acids is 2. The van der Waals surface area contributed by atoms with Crippen molar-refractivity contribution in [2.75, 3.05) is 0 Å². The highest BCUT2D eigenvalue weighted by molar-refractivity contribution is 6.24. The molecule has 0 aliphatic heterocycles. The van der Waals surface area contributed by atoms with E-state index in [1.807, 2.05) is 0 Å². The summed E-state index contributed by atoms with van der Waals surface area (Å²) in [5.41, 5.74) is 2.93. The molecule has 2 aliphatic rings. The molecule has 0 aromatic rings. The van der Waals surface area contributed by atoms with Gasteiger partial charge in [0.2, 0.25) is 0 Å². The van der Waals surface area contributed by atoms with Crippen LogP contribution in [0, 0.1) is 17.8 Å². The lowest BCUT2D eigenvalue weighted by Crippen LogP contribution is -2.22. The van der Waals surface area contributed by atoms with Gasteiger partial charge in [0, 0.05) is 22.3 Å². The van der Waals surface area contributed by atoms with Crippen LogP contribution in [0.5, 0.6) is 0 Å². The lowest BCUT2D eigenvalue weighted by Gasteiger charge is -2.25. The molecule has 0 saturated carbocycles. The molecular weight excluding hydrogens is 248 g/mol. The predicted molar refractivity (Wildman–Crippen MR) is 81.4 cm³/mol. The van der Waals surface area contributed by atoms with Gasteiger partial charge in [-0.15, -0.1) is 0 Å². The SMILES string of the molecule is CC1=C(C)C(=O)C2=C(CCC(C)C(C)C(C)CC2)C1=O. The monoisotopic (exact) mass is 274 g/mol. The maximum atomic E-state index is 12.5. The average Bonchev–Trinajstić information content (AvgIpc) is 2.48. The summed E-state index contributed by atoms with van der Waals surface area (Å²) in [4.78, 5) is 25.0. The molecule has 0 amide bonds. The normalized spacial score (nSPS) is 32.8. The second kappa shape index (κ2) is 5.67. The number of rotatable bonds is 0. The van der Waals surface area contributed by atoms with Gasteiger partial charge in [0.1, 0.15) is 0 Å². The van der Waals surface area contributed by atoms with Gasteiger partial charge in [0.05, 0.1) is 0 Å². The van der Waals surface area contributed by atoms with Crippen molar-refractivity contribution in [3.63, 3.8) is 0 Å². The molecule has 0 aromatic carbocycles. The first-order valence-corrected chi connectivity index (χ1v) is 7.83. The molecule has 20 heavy (non-hydrogen) atoms. The van der Waals surface area contributed by atoms with E-state index in [0.717, 1.165) is 36.8 Å². The Balaban J connectivity index is 2.38. The lowest BCUT2D eigenvalue weighted by atomic mass is 9.81. The van der Waals surface area contributed by atoms with Gasteiger partial charge in [-0.3, -0.25) is 9.59 Å². The highest BCUT2D eigenvalue weighted by Gasteiger charge is 2.32. The molecule has 2 nitrogen and oxygen atoms in total. The minimum absolute atomic E-state index is 0.117. The number of ketones is 2. The van der Waals surface area contributed by atoms with Crippen molar-refractivity contribution in [3.05, 3.63) is 22.3 Å². The van der Waals surface area contributed by atoms with Gasteiger partial charge >= 0.3 is 0 Å². The Morgan fingerprint density at radius 2 is 1.10 bits per heavy atom. The van der Waals surface area contributed by atoms with Crippen molar-refractivity contribution in [1.29, 1.82) is 0 Å². The number of allylic oxidation sites excluding steroid dienone is 4. The van der Waals surface area contributed by atoms with E-state index >= 15 is 0 Å². The smallest absolute Gasteiger partial charge is 0.185 e. The number of Topliss-reactive ketones (excluding diaryl/α,β-unsaturated/α-hetero) is 2. The van der Waals surface area contributed by atoms with Crippen molar-refractivity contribution < 1.29 is 9.59 Å². The topological polar surface area (TPSA) is 34.1 Å². The first-order valence-electron chi connectivity index (χ1n) is 7.83. The second-order valence-electron chi connectivity index (χ2n) is 6.76. The van der Waals surface area contributed by atoms with Gasteiger partial charge in [0.15, 0.2) is 11.6 Å². The molecule has 0 bridgehead atoms. The Labute approximate surface area is 122 Å². The highest BCUT2D eigenvalue weighted by Crippen LogP contribution is 2.37. The minimum atomic E-state index is 0.117. The molecule has 2 aliphatic carbocycles. The molecule has 0 spiro atoms. The van der Waals surface area contributed by atoms with Gasteiger partial charge in [-0.05, 0) is 57.3 Å². The van der Waals surface area contributed by atoms with Crippen molar-refractivity contribution in [2.45, 2.75) is 60.3 Å². The number of hydrogen-bond acceptors (Lipinski definition) is 2. The van der Waals surface area contributed by atoms with Crippen LogP contribution >= 0.6 is 0 Å². The van der Waals surface area contributed by atoms with Crippen LogP contribution in [0.15, 0.2) is 22.3 Å². The summed E-state index contributed by atoms with van der Waals surface area (Å²) in [6, 6.07) is 0. The van der Waals surface area contributed by atoms with Crippen LogP contribution in [0.2, 0.25) is 0 Å². The van der Waals surface area contributed by atoms with Crippen molar-refractivity contribution >= 4 is 11.6 Å². The minimum Gasteiger partial charge on any atom is -0.289 e. The molecule has 2 atom stereocenters. The van der Waals surface area contributed by atoms with Gasteiger partial charge in [-0.25, -0.2) is 0 Å². The van der Waals surface area contributed by atoms with Crippen LogP contribution < -0.4 is 0 Å². The molecule has 2 heteroatoms. The van der Waals surface area contributed by atoms with E-state index in [1.165, 1.54) is 0 Å². The van der Waals surface area contributed by atoms with Crippen LogP contribution in [-0.4, -0.2) is 11.6 Å². The van der Waals surface area contributed by atoms with Crippen LogP contribution in [0.1, 0.15) is 60.3 Å². The Morgan fingerprint density at radius 1 is 0.750 bits per heavy atom. The predicted octanol–water partition coefficient (Wildman–Crippen LogP) is 4.25. The average molecular weight is 274 g/mol. The first kappa shape index (κ1) is 15.2. The van der Waals surface area contributed by atoms with E-state index in [0.29, 0.717) is 28.9 Å². The van der Waals surface area contributed by atoms with Gasteiger partial charge in [-0.1, -0.05) is 20.8 Å². The summed E-state index contributed by atoms with van der Waals surface area (Å²) >= 11 is 0. The van der Waals surface area contributed by atoms with Crippen molar-refractivity contribution in [2.24, 2.45) is 17.8 Å². The standard InChI is InChI=1S/C18H26O2/c1-10-6-8-15-16(9-7-11(2)12(10)3)18(20)14(5)13(4)17(15)19/h10-12H,6-9H2,1-5H3. The van der Waals surface area contributed by atoms with Crippen LogP contribution in [0.4, 0.5) is 0 Å². The first-order chi connectivity index (χ1) is 9.34. The van der Waals surface area contributed by atoms with Gasteiger partial charge in [0.25, 0.3) is 0 Å². The Kier molecular flexibility index (Phi) is 4.31. The number of carbonyl (C=O) groups is 2. The van der Waals surface area contributed by atoms with E-state index < -0.39 is 0 Å². The largest absolute Gasteiger partial charge is 0.289 e. The molecule has 0 heterocycles. The second-order valence-corrected chi connectivity index (χ2v) is 6.76. The maximum Gasteiger partial charge on any atom is 0.185 e. The fourth-order valence-corrected chi connectivity index (χ4v) is 3.43. The maximum absolute atomic E-state index is 12.5. The third kappa shape index (κ3) is 2.53. The van der Waals surface area contributed by atoms with Crippen LogP contribution in [-0.2, 0) is 9.59 Å². The molecule has 110 valence electrons. The molecule has 0 aromatic heterocycles. The zero-order valence-electron chi connectivity index (χ0n) is 13.4. The quantitative estimate of drug-likeness (QED) is 0.619. The molecular formula is C18H26O2. The zero-order chi connectivity index (χ0) is 15.0. The van der Waals surface area contributed by atoms with E-state index in [-0.39, 0.29) is 11.6 Å². The van der Waals surface area contributed by atoms with E-state index in [4.69, 9.17) is 0 Å². The Hall–Kier alpha value is -1.18. The third-order valence-corrected chi connectivity index (χ3v) is 5.65. The van der Waals surface area contributed by atoms with E-state index in [2.05, 4.69) is 20.8 Å². The molecule has 0 fully saturated rings. The molecule has 0 N–H and O–H groups in total. The Bertz CT molecular complexity index is 464.